The van der Waals surface area contributed by atoms with E-state index in [1.165, 1.54) is 22.5 Å². The molecule has 27 heavy (non-hydrogen) atoms. The minimum atomic E-state index is -3.60. The molecule has 0 saturated carbocycles. The molecule has 2 heterocycles. The molecule has 1 fully saturated rings. The molecule has 0 unspecified atom stereocenters. The average Bonchev–Trinajstić information content (AvgIpc) is 3.23. The van der Waals surface area contributed by atoms with Gasteiger partial charge >= 0.3 is 0 Å². The van der Waals surface area contributed by atoms with Crippen molar-refractivity contribution >= 4 is 45.0 Å². The third-order valence-corrected chi connectivity index (χ3v) is 8.11. The van der Waals surface area contributed by atoms with Crippen LogP contribution in [-0.4, -0.2) is 44.0 Å². The number of benzene rings is 2. The summed E-state index contributed by atoms with van der Waals surface area (Å²) in [5, 5.41) is 0.260. The van der Waals surface area contributed by atoms with Gasteiger partial charge in [0.2, 0.25) is 10.0 Å². The van der Waals surface area contributed by atoms with Crippen molar-refractivity contribution in [3.05, 3.63) is 53.1 Å². The van der Waals surface area contributed by atoms with E-state index in [-0.39, 0.29) is 21.4 Å². The largest absolute Gasteiger partial charge is 0.306 e. The Hall–Kier alpha value is -1.54. The van der Waals surface area contributed by atoms with Crippen molar-refractivity contribution in [1.29, 1.82) is 0 Å². The van der Waals surface area contributed by atoms with E-state index >= 15 is 0 Å². The molecule has 2 aromatic carbocycles. The molecule has 2 aliphatic heterocycles. The van der Waals surface area contributed by atoms with Crippen LogP contribution in [0.2, 0.25) is 5.02 Å². The lowest BCUT2D eigenvalue weighted by molar-refractivity contribution is 0.0987. The van der Waals surface area contributed by atoms with Gasteiger partial charge in [-0.15, -0.1) is 11.8 Å². The first-order valence-electron chi connectivity index (χ1n) is 8.82. The molecular formula is C19H19ClN2O3S2. The van der Waals surface area contributed by atoms with E-state index in [1.54, 1.807) is 16.7 Å². The second-order valence-electron chi connectivity index (χ2n) is 6.53. The first-order chi connectivity index (χ1) is 13.0. The third kappa shape index (κ3) is 3.49. The topological polar surface area (TPSA) is 57.7 Å². The van der Waals surface area contributed by atoms with E-state index in [4.69, 9.17) is 11.6 Å². The van der Waals surface area contributed by atoms with Gasteiger partial charge in [0.05, 0.1) is 21.2 Å². The number of fused-ring (bicyclic) bond motifs is 1. The molecule has 0 N–H and O–H groups in total. The fraction of sp³-hybridized carbons (Fsp3) is 0.316. The SMILES string of the molecule is O=C(c1cc(S(=O)(=O)N2CCCC2)ccc1Cl)N1CCSc2ccccc21. The van der Waals surface area contributed by atoms with Crippen LogP contribution in [0.25, 0.3) is 0 Å². The maximum absolute atomic E-state index is 13.2. The van der Waals surface area contributed by atoms with E-state index in [1.807, 2.05) is 24.3 Å². The highest BCUT2D eigenvalue weighted by atomic mass is 35.5. The summed E-state index contributed by atoms with van der Waals surface area (Å²) in [6.07, 6.45) is 1.72. The second kappa shape index (κ2) is 7.47. The highest BCUT2D eigenvalue weighted by molar-refractivity contribution is 7.99. The van der Waals surface area contributed by atoms with Gasteiger partial charge in [-0.1, -0.05) is 23.7 Å². The van der Waals surface area contributed by atoms with Crippen molar-refractivity contribution in [3.63, 3.8) is 0 Å². The summed E-state index contributed by atoms with van der Waals surface area (Å²) in [6.45, 7) is 1.59. The van der Waals surface area contributed by atoms with Gasteiger partial charge in [0.15, 0.2) is 0 Å². The molecule has 0 bridgehead atoms. The van der Waals surface area contributed by atoms with Crippen molar-refractivity contribution in [2.24, 2.45) is 0 Å². The summed E-state index contributed by atoms with van der Waals surface area (Å²) < 4.78 is 27.2. The van der Waals surface area contributed by atoms with Crippen molar-refractivity contribution in [1.82, 2.24) is 4.31 Å². The van der Waals surface area contributed by atoms with Crippen LogP contribution >= 0.6 is 23.4 Å². The molecule has 0 aromatic heterocycles. The first-order valence-corrected chi connectivity index (χ1v) is 11.6. The maximum atomic E-state index is 13.2. The number of para-hydroxylation sites is 1. The van der Waals surface area contributed by atoms with Crippen LogP contribution in [0, 0.1) is 0 Å². The lowest BCUT2D eigenvalue weighted by Crippen LogP contribution is -2.36. The summed E-state index contributed by atoms with van der Waals surface area (Å²) in [4.78, 5) is 16.0. The van der Waals surface area contributed by atoms with Gasteiger partial charge in [-0.3, -0.25) is 4.79 Å². The number of amides is 1. The van der Waals surface area contributed by atoms with Gasteiger partial charge < -0.3 is 4.90 Å². The van der Waals surface area contributed by atoms with Gasteiger partial charge in [-0.2, -0.15) is 4.31 Å². The Morgan fingerprint density at radius 1 is 1.04 bits per heavy atom. The summed E-state index contributed by atoms with van der Waals surface area (Å²) in [7, 11) is -3.60. The molecule has 1 amide bonds. The van der Waals surface area contributed by atoms with E-state index in [9.17, 15) is 13.2 Å². The summed E-state index contributed by atoms with van der Waals surface area (Å²) in [6, 6.07) is 12.1. The highest BCUT2D eigenvalue weighted by Crippen LogP contribution is 2.36. The van der Waals surface area contributed by atoms with Gasteiger partial charge in [0, 0.05) is 30.3 Å². The van der Waals surface area contributed by atoms with Crippen LogP contribution in [0.5, 0.6) is 0 Å². The van der Waals surface area contributed by atoms with Gasteiger partial charge in [0.25, 0.3) is 5.91 Å². The van der Waals surface area contributed by atoms with E-state index in [0.717, 1.165) is 29.2 Å². The fourth-order valence-corrected chi connectivity index (χ4v) is 6.17. The van der Waals surface area contributed by atoms with Gasteiger partial charge in [-0.05, 0) is 43.2 Å². The number of anilines is 1. The number of hydrogen-bond donors (Lipinski definition) is 0. The quantitative estimate of drug-likeness (QED) is 0.753. The number of carbonyl (C=O) groups excluding carboxylic acids is 1. The number of hydrogen-bond acceptors (Lipinski definition) is 4. The minimum absolute atomic E-state index is 0.122. The number of carbonyl (C=O) groups is 1. The molecular weight excluding hydrogens is 404 g/mol. The summed E-state index contributed by atoms with van der Waals surface area (Å²) in [5.41, 5.74) is 1.06. The molecule has 0 spiro atoms. The average molecular weight is 423 g/mol. The minimum Gasteiger partial charge on any atom is -0.306 e. The van der Waals surface area contributed by atoms with Crippen LogP contribution in [0.3, 0.4) is 0 Å². The predicted molar refractivity (Wildman–Crippen MR) is 108 cm³/mol. The molecule has 2 aliphatic rings. The molecule has 5 nitrogen and oxygen atoms in total. The van der Waals surface area contributed by atoms with Crippen molar-refractivity contribution in [2.45, 2.75) is 22.6 Å². The van der Waals surface area contributed by atoms with Crippen molar-refractivity contribution < 1.29 is 13.2 Å². The number of halogens is 1. The van der Waals surface area contributed by atoms with Crippen LogP contribution in [0.15, 0.2) is 52.3 Å². The Balaban J connectivity index is 1.71. The molecule has 1 saturated heterocycles. The number of sulfonamides is 1. The van der Waals surface area contributed by atoms with E-state index in [0.29, 0.717) is 19.6 Å². The van der Waals surface area contributed by atoms with Crippen molar-refractivity contribution in [3.8, 4) is 0 Å². The zero-order chi connectivity index (χ0) is 19.0. The normalized spacial score (nSPS) is 17.7. The second-order valence-corrected chi connectivity index (χ2v) is 10.0. The smallest absolute Gasteiger partial charge is 0.259 e. The van der Waals surface area contributed by atoms with Crippen LogP contribution < -0.4 is 4.90 Å². The van der Waals surface area contributed by atoms with Gasteiger partial charge in [-0.25, -0.2) is 8.42 Å². The molecule has 142 valence electrons. The van der Waals surface area contributed by atoms with Gasteiger partial charge in [0.1, 0.15) is 0 Å². The standard InChI is InChI=1S/C19H19ClN2O3S2/c20-16-8-7-14(27(24,25)21-9-3-4-10-21)13-15(16)19(23)22-11-12-26-18-6-2-1-5-17(18)22/h1-2,5-8,13H,3-4,9-12H2. The van der Waals surface area contributed by atoms with E-state index < -0.39 is 10.0 Å². The fourth-order valence-electron chi connectivity index (χ4n) is 3.43. The molecule has 4 rings (SSSR count). The summed E-state index contributed by atoms with van der Waals surface area (Å²) in [5.74, 6) is 0.512. The van der Waals surface area contributed by atoms with Crippen LogP contribution in [-0.2, 0) is 10.0 Å². The van der Waals surface area contributed by atoms with E-state index in [2.05, 4.69) is 0 Å². The molecule has 2 aromatic rings. The van der Waals surface area contributed by atoms with Crippen LogP contribution in [0.4, 0.5) is 5.69 Å². The predicted octanol–water partition coefficient (Wildman–Crippen LogP) is 3.88. The van der Waals surface area contributed by atoms with Crippen LogP contribution in [0.1, 0.15) is 23.2 Å². The van der Waals surface area contributed by atoms with Crippen molar-refractivity contribution in [2.75, 3.05) is 30.3 Å². The first kappa shape index (κ1) is 18.8. The molecule has 0 radical (unpaired) electrons. The Morgan fingerprint density at radius 3 is 2.56 bits per heavy atom. The Bertz CT molecular complexity index is 988. The highest BCUT2D eigenvalue weighted by Gasteiger charge is 2.30. The number of nitrogens with zero attached hydrogens (tertiary/aromatic N) is 2. The summed E-state index contributed by atoms with van der Waals surface area (Å²) >= 11 is 7.99. The monoisotopic (exact) mass is 422 g/mol. The Kier molecular flexibility index (Phi) is 5.20. The third-order valence-electron chi connectivity index (χ3n) is 4.84. The lowest BCUT2D eigenvalue weighted by atomic mass is 10.1. The zero-order valence-electron chi connectivity index (χ0n) is 14.6. The zero-order valence-corrected chi connectivity index (χ0v) is 17.0. The lowest BCUT2D eigenvalue weighted by Gasteiger charge is -2.29. The molecule has 8 heteroatoms. The molecule has 0 atom stereocenters. The number of thioether (sulfide) groups is 1. The Morgan fingerprint density at radius 2 is 1.78 bits per heavy atom. The maximum Gasteiger partial charge on any atom is 0.259 e. The number of rotatable bonds is 3. The Labute approximate surface area is 168 Å². The molecule has 0 aliphatic carbocycles.